The van der Waals surface area contributed by atoms with E-state index in [2.05, 4.69) is 20.6 Å². The molecule has 0 unspecified atom stereocenters. The van der Waals surface area contributed by atoms with Crippen LogP contribution in [0.4, 0.5) is 21.6 Å². The number of carbonyl (C=O) groups excluding carboxylic acids is 1. The highest BCUT2D eigenvalue weighted by Crippen LogP contribution is 2.19. The largest absolute Gasteiger partial charge is 0.340 e. The molecule has 0 saturated carbocycles. The minimum atomic E-state index is -0.427. The first kappa shape index (κ1) is 17.5. The van der Waals surface area contributed by atoms with Crippen LogP contribution < -0.4 is 10.6 Å². The fourth-order valence-corrected chi connectivity index (χ4v) is 2.48. The monoisotopic (exact) mass is 350 g/mol. The number of hydrogen-bond donors (Lipinski definition) is 2. The molecule has 0 spiro atoms. The molecule has 26 heavy (non-hydrogen) atoms. The predicted molar refractivity (Wildman–Crippen MR) is 100 cm³/mol. The van der Waals surface area contributed by atoms with Gasteiger partial charge in [-0.2, -0.15) is 0 Å². The molecule has 1 amide bonds. The third-order valence-electron chi connectivity index (χ3n) is 3.93. The number of nitrogens with zero attached hydrogens (tertiary/aromatic N) is 2. The van der Waals surface area contributed by atoms with E-state index in [0.29, 0.717) is 17.3 Å². The van der Waals surface area contributed by atoms with E-state index in [-0.39, 0.29) is 5.69 Å². The van der Waals surface area contributed by atoms with Gasteiger partial charge >= 0.3 is 0 Å². The minimum absolute atomic E-state index is 0.202. The van der Waals surface area contributed by atoms with Gasteiger partial charge in [0, 0.05) is 17.4 Å². The van der Waals surface area contributed by atoms with Crippen molar-refractivity contribution in [1.82, 2.24) is 9.97 Å². The summed E-state index contributed by atoms with van der Waals surface area (Å²) in [5.74, 6) is 0.136. The lowest BCUT2D eigenvalue weighted by molar-refractivity contribution is 0.102. The summed E-state index contributed by atoms with van der Waals surface area (Å²) >= 11 is 0. The van der Waals surface area contributed by atoms with Crippen molar-refractivity contribution in [3.05, 3.63) is 77.0 Å². The molecule has 2 N–H and O–H groups in total. The second-order valence-electron chi connectivity index (χ2n) is 6.07. The molecular formula is C20H19FN4O. The van der Waals surface area contributed by atoms with Crippen LogP contribution in [0, 0.1) is 26.6 Å². The summed E-state index contributed by atoms with van der Waals surface area (Å²) in [7, 11) is 0. The number of anilines is 3. The van der Waals surface area contributed by atoms with E-state index in [1.807, 2.05) is 32.0 Å². The number of carbonyl (C=O) groups is 1. The van der Waals surface area contributed by atoms with E-state index in [1.165, 1.54) is 23.8 Å². The number of halogens is 1. The van der Waals surface area contributed by atoms with E-state index in [9.17, 15) is 9.18 Å². The number of aromatic nitrogens is 2. The van der Waals surface area contributed by atoms with Crippen LogP contribution in [0.1, 0.15) is 27.4 Å². The Balaban J connectivity index is 1.82. The number of rotatable bonds is 4. The molecule has 2 aromatic carbocycles. The van der Waals surface area contributed by atoms with Crippen molar-refractivity contribution in [3.63, 3.8) is 0 Å². The zero-order valence-electron chi connectivity index (χ0n) is 14.8. The number of hydrogen-bond acceptors (Lipinski definition) is 4. The molecule has 6 heteroatoms. The van der Waals surface area contributed by atoms with Crippen molar-refractivity contribution in [2.24, 2.45) is 0 Å². The maximum Gasteiger partial charge on any atom is 0.274 e. The van der Waals surface area contributed by atoms with Crippen molar-refractivity contribution in [3.8, 4) is 0 Å². The second kappa shape index (κ2) is 7.31. The third kappa shape index (κ3) is 4.22. The van der Waals surface area contributed by atoms with Gasteiger partial charge in [0.2, 0.25) is 0 Å². The van der Waals surface area contributed by atoms with Crippen LogP contribution in [-0.4, -0.2) is 15.9 Å². The van der Waals surface area contributed by atoms with Crippen molar-refractivity contribution in [2.75, 3.05) is 10.6 Å². The average molecular weight is 350 g/mol. The molecule has 0 aliphatic heterocycles. The van der Waals surface area contributed by atoms with Crippen molar-refractivity contribution >= 4 is 23.1 Å². The summed E-state index contributed by atoms with van der Waals surface area (Å²) in [6, 6.07) is 13.3. The lowest BCUT2D eigenvalue weighted by Crippen LogP contribution is -2.15. The summed E-state index contributed by atoms with van der Waals surface area (Å²) in [5, 5.41) is 5.83. The molecule has 0 saturated heterocycles. The van der Waals surface area contributed by atoms with E-state index in [0.717, 1.165) is 11.3 Å². The van der Waals surface area contributed by atoms with Gasteiger partial charge in [-0.3, -0.25) is 4.79 Å². The number of benzene rings is 2. The minimum Gasteiger partial charge on any atom is -0.340 e. The summed E-state index contributed by atoms with van der Waals surface area (Å²) in [6.45, 7) is 5.79. The van der Waals surface area contributed by atoms with Crippen molar-refractivity contribution in [2.45, 2.75) is 20.8 Å². The number of nitrogens with one attached hydrogen (secondary N) is 2. The van der Waals surface area contributed by atoms with Crippen LogP contribution in [0.25, 0.3) is 0 Å². The fourth-order valence-electron chi connectivity index (χ4n) is 2.48. The van der Waals surface area contributed by atoms with E-state index in [1.54, 1.807) is 19.1 Å². The van der Waals surface area contributed by atoms with Gasteiger partial charge in [0.15, 0.2) is 0 Å². The maximum atomic E-state index is 13.3. The highest BCUT2D eigenvalue weighted by atomic mass is 19.1. The van der Waals surface area contributed by atoms with Crippen LogP contribution in [-0.2, 0) is 0 Å². The maximum absolute atomic E-state index is 13.3. The molecule has 1 aromatic heterocycles. The highest BCUT2D eigenvalue weighted by molar-refractivity contribution is 6.03. The molecule has 0 aliphatic carbocycles. The van der Waals surface area contributed by atoms with Crippen molar-refractivity contribution in [1.29, 1.82) is 0 Å². The SMILES string of the molecule is Cc1nc(Nc2ccc(C)c(C)c2)cc(C(=O)Nc2cccc(F)c2)n1. The van der Waals surface area contributed by atoms with Crippen LogP contribution in [0.15, 0.2) is 48.5 Å². The summed E-state index contributed by atoms with van der Waals surface area (Å²) in [5.41, 5.74) is 3.81. The van der Waals surface area contributed by atoms with Gasteiger partial charge in [0.1, 0.15) is 23.2 Å². The van der Waals surface area contributed by atoms with Gasteiger partial charge in [0.05, 0.1) is 0 Å². The first-order chi connectivity index (χ1) is 12.4. The fraction of sp³-hybridized carbons (Fsp3) is 0.150. The van der Waals surface area contributed by atoms with Gasteiger partial charge in [-0.1, -0.05) is 12.1 Å². The van der Waals surface area contributed by atoms with E-state index >= 15 is 0 Å². The van der Waals surface area contributed by atoms with Gasteiger partial charge in [-0.05, 0) is 62.2 Å². The Hall–Kier alpha value is -3.28. The quantitative estimate of drug-likeness (QED) is 0.725. The van der Waals surface area contributed by atoms with Gasteiger partial charge in [-0.25, -0.2) is 14.4 Å². The Kier molecular flexibility index (Phi) is 4.93. The van der Waals surface area contributed by atoms with Gasteiger partial charge in [0.25, 0.3) is 5.91 Å². The Labute approximate surface area is 151 Å². The molecule has 0 bridgehead atoms. The standard InChI is InChI=1S/C20H19FN4O/c1-12-7-8-17(9-13(12)2)24-19-11-18(22-14(3)23-19)20(26)25-16-6-4-5-15(21)10-16/h4-11H,1-3H3,(H,25,26)(H,22,23,24). The van der Waals surface area contributed by atoms with E-state index in [4.69, 9.17) is 0 Å². The average Bonchev–Trinajstić information content (AvgIpc) is 2.58. The number of amides is 1. The van der Waals surface area contributed by atoms with Crippen molar-refractivity contribution < 1.29 is 9.18 Å². The molecule has 0 fully saturated rings. The van der Waals surface area contributed by atoms with Gasteiger partial charge < -0.3 is 10.6 Å². The van der Waals surface area contributed by atoms with Crippen LogP contribution in [0.5, 0.6) is 0 Å². The summed E-state index contributed by atoms with van der Waals surface area (Å²) in [4.78, 5) is 20.9. The summed E-state index contributed by atoms with van der Waals surface area (Å²) in [6.07, 6.45) is 0. The Morgan fingerprint density at radius 2 is 1.73 bits per heavy atom. The van der Waals surface area contributed by atoms with Gasteiger partial charge in [-0.15, -0.1) is 0 Å². The molecular weight excluding hydrogens is 331 g/mol. The lowest BCUT2D eigenvalue weighted by Gasteiger charge is -2.10. The zero-order chi connectivity index (χ0) is 18.7. The molecule has 3 rings (SSSR count). The van der Waals surface area contributed by atoms with Crippen LogP contribution in [0.2, 0.25) is 0 Å². The molecule has 0 atom stereocenters. The summed E-state index contributed by atoms with van der Waals surface area (Å²) < 4.78 is 13.3. The first-order valence-electron chi connectivity index (χ1n) is 8.17. The molecule has 0 radical (unpaired) electrons. The van der Waals surface area contributed by atoms with E-state index < -0.39 is 11.7 Å². The Bertz CT molecular complexity index is 972. The Morgan fingerprint density at radius 1 is 0.923 bits per heavy atom. The van der Waals surface area contributed by atoms with Crippen LogP contribution in [0.3, 0.4) is 0 Å². The Morgan fingerprint density at radius 3 is 2.46 bits per heavy atom. The normalized spacial score (nSPS) is 10.5. The second-order valence-corrected chi connectivity index (χ2v) is 6.07. The highest BCUT2D eigenvalue weighted by Gasteiger charge is 2.12. The first-order valence-corrected chi connectivity index (χ1v) is 8.17. The molecule has 3 aromatic rings. The lowest BCUT2D eigenvalue weighted by atomic mass is 10.1. The zero-order valence-corrected chi connectivity index (χ0v) is 14.8. The molecule has 1 heterocycles. The molecule has 132 valence electrons. The third-order valence-corrected chi connectivity index (χ3v) is 3.93. The smallest absolute Gasteiger partial charge is 0.274 e. The topological polar surface area (TPSA) is 66.9 Å². The predicted octanol–water partition coefficient (Wildman–Crippen LogP) is 4.54. The number of aryl methyl sites for hydroxylation is 3. The molecule has 5 nitrogen and oxygen atoms in total. The van der Waals surface area contributed by atoms with Crippen LogP contribution >= 0.6 is 0 Å². The molecule has 0 aliphatic rings.